The Morgan fingerprint density at radius 1 is 1.03 bits per heavy atom. The normalized spacial score (nSPS) is 28.5. The van der Waals surface area contributed by atoms with Crippen molar-refractivity contribution in [3.05, 3.63) is 17.7 Å². The Labute approximate surface area is 179 Å². The first-order valence-electron chi connectivity index (χ1n) is 9.20. The molecule has 1 heterocycles. The zero-order valence-corrected chi connectivity index (χ0v) is 18.7. The summed E-state index contributed by atoms with van der Waals surface area (Å²) in [5, 5.41) is 20.7. The van der Waals surface area contributed by atoms with Crippen LogP contribution in [0.2, 0.25) is 0 Å². The molecule has 2 aliphatic rings. The van der Waals surface area contributed by atoms with Crippen molar-refractivity contribution < 1.29 is 14.2 Å². The van der Waals surface area contributed by atoms with Crippen molar-refractivity contribution in [2.24, 2.45) is 21.6 Å². The number of aliphatic imine (C=N–C) groups is 1. The van der Waals surface area contributed by atoms with E-state index in [1.165, 1.54) is 14.2 Å². The molecule has 1 aliphatic heterocycles. The molecule has 0 saturated heterocycles. The average Bonchev–Trinajstić information content (AvgIpc) is 3.31. The number of thioether (sulfide) groups is 2. The number of benzene rings is 1. The van der Waals surface area contributed by atoms with Gasteiger partial charge < -0.3 is 19.9 Å². The van der Waals surface area contributed by atoms with Crippen LogP contribution in [0.1, 0.15) is 25.3 Å². The van der Waals surface area contributed by atoms with Gasteiger partial charge in [0.1, 0.15) is 16.7 Å². The van der Waals surface area contributed by atoms with E-state index in [0.29, 0.717) is 22.8 Å². The van der Waals surface area contributed by atoms with E-state index in [9.17, 15) is 10.5 Å². The Hall–Kier alpha value is -2.23. The van der Waals surface area contributed by atoms with Crippen molar-refractivity contribution in [1.29, 1.82) is 10.5 Å². The van der Waals surface area contributed by atoms with Gasteiger partial charge in [-0.15, -0.1) is 23.5 Å². The minimum absolute atomic E-state index is 0.213. The molecule has 0 bridgehead atoms. The Bertz CT molecular complexity index is 933. The van der Waals surface area contributed by atoms with Crippen LogP contribution in [0.25, 0.3) is 0 Å². The molecule has 29 heavy (non-hydrogen) atoms. The van der Waals surface area contributed by atoms with Gasteiger partial charge in [0.25, 0.3) is 0 Å². The highest BCUT2D eigenvalue weighted by molar-refractivity contribution is 8.18. The molecule has 0 radical (unpaired) electrons. The summed E-state index contributed by atoms with van der Waals surface area (Å²) in [7, 11) is 4.60. The maximum Gasteiger partial charge on any atom is 0.203 e. The van der Waals surface area contributed by atoms with Gasteiger partial charge in [-0.3, -0.25) is 0 Å². The molecular weight excluding hydrogens is 408 g/mol. The summed E-state index contributed by atoms with van der Waals surface area (Å²) in [6, 6.07) is 8.42. The SMILES string of the molecule is CCSC1(SCC)N=C(N)[C@]2(C#N)[C@@H](c3ccc(OC)c(OC)c3OC)[C@]12C#N. The predicted molar refractivity (Wildman–Crippen MR) is 116 cm³/mol. The molecule has 2 N–H and O–H groups in total. The molecule has 7 nitrogen and oxygen atoms in total. The molecule has 0 aromatic heterocycles. The quantitative estimate of drug-likeness (QED) is 0.622. The summed E-state index contributed by atoms with van der Waals surface area (Å²) in [5.41, 5.74) is 4.75. The molecule has 0 spiro atoms. The minimum Gasteiger partial charge on any atom is -0.493 e. The van der Waals surface area contributed by atoms with Crippen LogP contribution in [0, 0.1) is 33.5 Å². The highest BCUT2D eigenvalue weighted by atomic mass is 32.2. The van der Waals surface area contributed by atoms with Crippen LogP contribution >= 0.6 is 23.5 Å². The number of ether oxygens (including phenoxy) is 3. The first-order chi connectivity index (χ1) is 13.9. The molecule has 154 valence electrons. The van der Waals surface area contributed by atoms with E-state index in [1.54, 1.807) is 36.7 Å². The standard InChI is InChI=1S/C20H24N4O3S2/c1-6-28-20(29-7-2)19(11-22)16(18(19,10-21)17(23)24-20)12-8-9-13(25-3)15(27-5)14(12)26-4/h8-9,16H,6-7H2,1-5H3,(H2,23,24)/t16-,18+,19+/m1/s1. The molecule has 9 heteroatoms. The lowest BCUT2D eigenvalue weighted by atomic mass is 9.97. The maximum atomic E-state index is 10.4. The lowest BCUT2D eigenvalue weighted by molar-refractivity contribution is 0.321. The van der Waals surface area contributed by atoms with Crippen molar-refractivity contribution in [2.75, 3.05) is 32.8 Å². The smallest absolute Gasteiger partial charge is 0.203 e. The zero-order chi connectivity index (χ0) is 21.4. The minimum atomic E-state index is -1.21. The molecule has 1 fully saturated rings. The maximum absolute atomic E-state index is 10.4. The van der Waals surface area contributed by atoms with Crippen LogP contribution in [0.4, 0.5) is 0 Å². The molecule has 1 aromatic rings. The second-order valence-electron chi connectivity index (χ2n) is 6.64. The number of amidine groups is 1. The number of fused-ring (bicyclic) bond motifs is 1. The summed E-state index contributed by atoms with van der Waals surface area (Å²) >= 11 is 3.11. The molecule has 1 saturated carbocycles. The van der Waals surface area contributed by atoms with E-state index in [0.717, 1.165) is 11.5 Å². The summed E-state index contributed by atoms with van der Waals surface area (Å²) in [4.78, 5) is 4.70. The van der Waals surface area contributed by atoms with Crippen molar-refractivity contribution in [3.63, 3.8) is 0 Å². The van der Waals surface area contributed by atoms with Crippen LogP contribution in [-0.4, -0.2) is 42.9 Å². The summed E-state index contributed by atoms with van der Waals surface area (Å²) < 4.78 is 15.7. The Balaban J connectivity index is 2.30. The molecular formula is C20H24N4O3S2. The number of nitrogens with two attached hydrogens (primary N) is 1. The van der Waals surface area contributed by atoms with Gasteiger partial charge in [-0.1, -0.05) is 19.9 Å². The fourth-order valence-corrected chi connectivity index (χ4v) is 7.82. The molecule has 0 amide bonds. The number of nitrogens with zero attached hydrogens (tertiary/aromatic N) is 3. The first kappa shape index (κ1) is 21.5. The highest BCUT2D eigenvalue weighted by Gasteiger charge is 2.92. The van der Waals surface area contributed by atoms with E-state index in [1.807, 2.05) is 19.9 Å². The predicted octanol–water partition coefficient (Wildman–Crippen LogP) is 3.36. The molecule has 0 unspecified atom stereocenters. The lowest BCUT2D eigenvalue weighted by Crippen LogP contribution is -2.31. The van der Waals surface area contributed by atoms with Gasteiger partial charge in [0.15, 0.2) is 15.7 Å². The number of nitriles is 2. The third-order valence-electron chi connectivity index (χ3n) is 5.65. The van der Waals surface area contributed by atoms with Crippen LogP contribution in [-0.2, 0) is 0 Å². The molecule has 1 aromatic carbocycles. The van der Waals surface area contributed by atoms with E-state index in [2.05, 4.69) is 12.1 Å². The molecule has 3 rings (SSSR count). The van der Waals surface area contributed by atoms with Gasteiger partial charge >= 0.3 is 0 Å². The lowest BCUT2D eigenvalue weighted by Gasteiger charge is -2.31. The topological polar surface area (TPSA) is 114 Å². The van der Waals surface area contributed by atoms with Gasteiger partial charge in [-0.05, 0) is 17.6 Å². The van der Waals surface area contributed by atoms with E-state index in [4.69, 9.17) is 24.9 Å². The van der Waals surface area contributed by atoms with Crippen molar-refractivity contribution in [2.45, 2.75) is 24.0 Å². The van der Waals surface area contributed by atoms with E-state index in [-0.39, 0.29) is 5.84 Å². The van der Waals surface area contributed by atoms with Gasteiger partial charge in [0.05, 0.1) is 33.5 Å². The fourth-order valence-electron chi connectivity index (χ4n) is 4.57. The van der Waals surface area contributed by atoms with Crippen molar-refractivity contribution >= 4 is 29.4 Å². The second kappa shape index (κ2) is 7.55. The Morgan fingerprint density at radius 2 is 1.66 bits per heavy atom. The number of rotatable bonds is 8. The molecule has 1 aliphatic carbocycles. The zero-order valence-electron chi connectivity index (χ0n) is 17.1. The van der Waals surface area contributed by atoms with Gasteiger partial charge in [0, 0.05) is 11.5 Å². The van der Waals surface area contributed by atoms with Gasteiger partial charge in [-0.2, -0.15) is 10.5 Å². The largest absolute Gasteiger partial charge is 0.493 e. The van der Waals surface area contributed by atoms with E-state index < -0.39 is 21.0 Å². The van der Waals surface area contributed by atoms with Gasteiger partial charge in [0.2, 0.25) is 5.75 Å². The van der Waals surface area contributed by atoms with Crippen molar-refractivity contribution in [1.82, 2.24) is 0 Å². The van der Waals surface area contributed by atoms with Crippen LogP contribution < -0.4 is 19.9 Å². The number of hydrogen-bond acceptors (Lipinski definition) is 9. The van der Waals surface area contributed by atoms with Crippen LogP contribution in [0.5, 0.6) is 17.2 Å². The summed E-state index contributed by atoms with van der Waals surface area (Å²) in [6.07, 6.45) is 0. The van der Waals surface area contributed by atoms with Crippen molar-refractivity contribution in [3.8, 4) is 29.4 Å². The first-order valence-corrected chi connectivity index (χ1v) is 11.2. The average molecular weight is 433 g/mol. The van der Waals surface area contributed by atoms with Crippen LogP contribution in [0.15, 0.2) is 17.1 Å². The Kier molecular flexibility index (Phi) is 5.59. The highest BCUT2D eigenvalue weighted by Crippen LogP contribution is 2.86. The number of methoxy groups -OCH3 is 3. The third kappa shape index (κ3) is 2.41. The summed E-state index contributed by atoms with van der Waals surface area (Å²) in [6.45, 7) is 4.03. The number of hydrogen-bond donors (Lipinski definition) is 1. The van der Waals surface area contributed by atoms with Crippen LogP contribution in [0.3, 0.4) is 0 Å². The molecule has 3 atom stereocenters. The second-order valence-corrected chi connectivity index (χ2v) is 9.81. The monoisotopic (exact) mass is 432 g/mol. The fraction of sp³-hybridized carbons (Fsp3) is 0.550. The third-order valence-corrected chi connectivity index (χ3v) is 8.55. The summed E-state index contributed by atoms with van der Waals surface area (Å²) in [5.74, 6) is 2.58. The van der Waals surface area contributed by atoms with E-state index >= 15 is 0 Å². The van der Waals surface area contributed by atoms with Gasteiger partial charge in [-0.25, -0.2) is 4.99 Å². The Morgan fingerprint density at radius 3 is 2.10 bits per heavy atom.